The molecule has 0 N–H and O–H groups in total. The molecule has 3 nitrogen and oxygen atoms in total. The molecule has 1 aliphatic heterocycles. The van der Waals surface area contributed by atoms with Crippen molar-refractivity contribution in [3.8, 4) is 0 Å². The topological polar surface area (TPSA) is 29.5 Å². The summed E-state index contributed by atoms with van der Waals surface area (Å²) in [5.41, 5.74) is 1.96. The number of carbonyl (C=O) groups excluding carboxylic acids is 1. The fourth-order valence-corrected chi connectivity index (χ4v) is 3.00. The highest BCUT2D eigenvalue weighted by Crippen LogP contribution is 2.19. The first kappa shape index (κ1) is 17.5. The summed E-state index contributed by atoms with van der Waals surface area (Å²) in [6.07, 6.45) is 1.45. The summed E-state index contributed by atoms with van der Waals surface area (Å²) >= 11 is 0. The molecular weight excluding hydrogens is 324 g/mol. The Hall–Kier alpha value is -2.27. The molecule has 2 aromatic carbocycles. The highest BCUT2D eigenvalue weighted by atomic mass is 19.1. The third-order valence-corrected chi connectivity index (χ3v) is 4.45. The van der Waals surface area contributed by atoms with Crippen LogP contribution >= 0.6 is 0 Å². The fourth-order valence-electron chi connectivity index (χ4n) is 3.00. The molecule has 1 amide bonds. The number of likely N-dealkylation sites (tertiary alicyclic amines) is 1. The first-order chi connectivity index (χ1) is 12.0. The Morgan fingerprint density at radius 3 is 2.72 bits per heavy atom. The lowest BCUT2D eigenvalue weighted by Crippen LogP contribution is -2.43. The van der Waals surface area contributed by atoms with E-state index in [1.54, 1.807) is 4.90 Å². The van der Waals surface area contributed by atoms with Crippen LogP contribution in [0, 0.1) is 18.6 Å². The maximum atomic E-state index is 13.7. The smallest absolute Gasteiger partial charge is 0.253 e. The summed E-state index contributed by atoms with van der Waals surface area (Å²) in [6.45, 7) is 3.12. The van der Waals surface area contributed by atoms with E-state index in [0.717, 1.165) is 36.6 Å². The molecule has 1 heterocycles. The highest BCUT2D eigenvalue weighted by molar-refractivity contribution is 5.94. The second-order valence-electron chi connectivity index (χ2n) is 6.43. The van der Waals surface area contributed by atoms with Crippen LogP contribution in [0.4, 0.5) is 8.78 Å². The summed E-state index contributed by atoms with van der Waals surface area (Å²) in [4.78, 5) is 14.4. The zero-order valence-corrected chi connectivity index (χ0v) is 14.2. The third kappa shape index (κ3) is 4.42. The molecule has 0 saturated carbocycles. The van der Waals surface area contributed by atoms with Crippen molar-refractivity contribution in [1.29, 1.82) is 0 Å². The summed E-state index contributed by atoms with van der Waals surface area (Å²) in [7, 11) is 0. The van der Waals surface area contributed by atoms with Crippen molar-refractivity contribution in [3.63, 3.8) is 0 Å². The second-order valence-corrected chi connectivity index (χ2v) is 6.43. The molecule has 0 unspecified atom stereocenters. The van der Waals surface area contributed by atoms with Crippen molar-refractivity contribution < 1.29 is 18.3 Å². The Morgan fingerprint density at radius 1 is 1.20 bits per heavy atom. The van der Waals surface area contributed by atoms with E-state index in [9.17, 15) is 13.6 Å². The molecule has 5 heteroatoms. The van der Waals surface area contributed by atoms with Crippen LogP contribution < -0.4 is 0 Å². The Labute approximate surface area is 146 Å². The molecule has 1 fully saturated rings. The highest BCUT2D eigenvalue weighted by Gasteiger charge is 2.25. The van der Waals surface area contributed by atoms with Gasteiger partial charge in [0.05, 0.1) is 12.7 Å². The van der Waals surface area contributed by atoms with Gasteiger partial charge in [-0.15, -0.1) is 0 Å². The Kier molecular flexibility index (Phi) is 5.43. The van der Waals surface area contributed by atoms with Gasteiger partial charge in [-0.1, -0.05) is 17.7 Å². The summed E-state index contributed by atoms with van der Waals surface area (Å²) in [5, 5.41) is 0. The normalized spacial score (nSPS) is 17.6. The van der Waals surface area contributed by atoms with E-state index in [1.165, 1.54) is 0 Å². The lowest BCUT2D eigenvalue weighted by molar-refractivity contribution is -0.00769. The average molecular weight is 345 g/mol. The van der Waals surface area contributed by atoms with Gasteiger partial charge in [0.15, 0.2) is 0 Å². The zero-order valence-electron chi connectivity index (χ0n) is 14.2. The quantitative estimate of drug-likeness (QED) is 0.835. The minimum absolute atomic E-state index is 0.000816. The van der Waals surface area contributed by atoms with E-state index >= 15 is 0 Å². The maximum Gasteiger partial charge on any atom is 0.253 e. The van der Waals surface area contributed by atoms with Gasteiger partial charge in [0.1, 0.15) is 11.6 Å². The first-order valence-corrected chi connectivity index (χ1v) is 8.44. The number of benzene rings is 2. The summed E-state index contributed by atoms with van der Waals surface area (Å²) < 4.78 is 32.6. The van der Waals surface area contributed by atoms with E-state index in [2.05, 4.69) is 0 Å². The SMILES string of the molecule is Cc1ccc(C(=O)N2CCC[C@@H](OCc3cc(F)ccc3F)C2)cc1. The van der Waals surface area contributed by atoms with E-state index in [4.69, 9.17) is 4.74 Å². The molecule has 2 aromatic rings. The lowest BCUT2D eigenvalue weighted by Gasteiger charge is -2.32. The van der Waals surface area contributed by atoms with Gasteiger partial charge in [-0.25, -0.2) is 8.78 Å². The predicted octanol–water partition coefficient (Wildman–Crippen LogP) is 4.09. The average Bonchev–Trinajstić information content (AvgIpc) is 2.63. The monoisotopic (exact) mass is 345 g/mol. The van der Waals surface area contributed by atoms with Crippen molar-refractivity contribution in [2.24, 2.45) is 0 Å². The number of ether oxygens (including phenoxy) is 1. The molecule has 1 saturated heterocycles. The van der Waals surface area contributed by atoms with Crippen LogP contribution in [0.3, 0.4) is 0 Å². The third-order valence-electron chi connectivity index (χ3n) is 4.45. The number of aryl methyl sites for hydroxylation is 1. The maximum absolute atomic E-state index is 13.7. The number of halogens is 2. The zero-order chi connectivity index (χ0) is 17.8. The fraction of sp³-hybridized carbons (Fsp3) is 0.350. The van der Waals surface area contributed by atoms with Gasteiger partial charge in [-0.05, 0) is 50.1 Å². The van der Waals surface area contributed by atoms with Gasteiger partial charge in [0, 0.05) is 24.2 Å². The standard InChI is InChI=1S/C20H21F2NO2/c1-14-4-6-15(7-5-14)20(24)23-10-2-3-18(12-23)25-13-16-11-17(21)8-9-19(16)22/h4-9,11,18H,2-3,10,12-13H2,1H3/t18-/m1/s1. The number of rotatable bonds is 4. The van der Waals surface area contributed by atoms with Crippen molar-refractivity contribution in [2.45, 2.75) is 32.5 Å². The predicted molar refractivity (Wildman–Crippen MR) is 91.3 cm³/mol. The molecule has 132 valence electrons. The largest absolute Gasteiger partial charge is 0.372 e. The van der Waals surface area contributed by atoms with E-state index < -0.39 is 11.6 Å². The molecule has 25 heavy (non-hydrogen) atoms. The minimum atomic E-state index is -0.486. The Balaban J connectivity index is 1.60. The molecule has 0 aromatic heterocycles. The first-order valence-electron chi connectivity index (χ1n) is 8.44. The number of hydrogen-bond donors (Lipinski definition) is 0. The molecule has 0 bridgehead atoms. The Bertz CT molecular complexity index is 746. The number of hydrogen-bond acceptors (Lipinski definition) is 2. The van der Waals surface area contributed by atoms with Crippen LogP contribution in [0.5, 0.6) is 0 Å². The van der Waals surface area contributed by atoms with Gasteiger partial charge in [0.2, 0.25) is 0 Å². The van der Waals surface area contributed by atoms with Gasteiger partial charge in [0.25, 0.3) is 5.91 Å². The Morgan fingerprint density at radius 2 is 1.96 bits per heavy atom. The summed E-state index contributed by atoms with van der Waals surface area (Å²) in [5.74, 6) is -0.991. The van der Waals surface area contributed by atoms with E-state index in [0.29, 0.717) is 18.7 Å². The van der Waals surface area contributed by atoms with Gasteiger partial charge in [-0.3, -0.25) is 4.79 Å². The van der Waals surface area contributed by atoms with Gasteiger partial charge in [-0.2, -0.15) is 0 Å². The van der Waals surface area contributed by atoms with Crippen LogP contribution in [-0.4, -0.2) is 30.0 Å². The molecule has 1 aliphatic rings. The van der Waals surface area contributed by atoms with Crippen molar-refractivity contribution in [1.82, 2.24) is 4.90 Å². The van der Waals surface area contributed by atoms with Crippen LogP contribution in [-0.2, 0) is 11.3 Å². The van der Waals surface area contributed by atoms with Gasteiger partial charge < -0.3 is 9.64 Å². The molecule has 0 radical (unpaired) electrons. The molecule has 0 aliphatic carbocycles. The van der Waals surface area contributed by atoms with E-state index in [-0.39, 0.29) is 24.2 Å². The van der Waals surface area contributed by atoms with Crippen LogP contribution in [0.2, 0.25) is 0 Å². The molecule has 3 rings (SSSR count). The second kappa shape index (κ2) is 7.74. The van der Waals surface area contributed by atoms with Crippen molar-refractivity contribution >= 4 is 5.91 Å². The lowest BCUT2D eigenvalue weighted by atomic mass is 10.1. The van der Waals surface area contributed by atoms with E-state index in [1.807, 2.05) is 31.2 Å². The van der Waals surface area contributed by atoms with Crippen molar-refractivity contribution in [2.75, 3.05) is 13.1 Å². The van der Waals surface area contributed by atoms with Crippen LogP contribution in [0.15, 0.2) is 42.5 Å². The van der Waals surface area contributed by atoms with Crippen molar-refractivity contribution in [3.05, 3.63) is 70.8 Å². The molecule has 0 spiro atoms. The number of carbonyl (C=O) groups is 1. The number of piperidine rings is 1. The number of amides is 1. The molecular formula is C20H21F2NO2. The molecule has 1 atom stereocenters. The van der Waals surface area contributed by atoms with Crippen LogP contribution in [0.1, 0.15) is 34.3 Å². The van der Waals surface area contributed by atoms with Crippen LogP contribution in [0.25, 0.3) is 0 Å². The summed E-state index contributed by atoms with van der Waals surface area (Å²) in [6, 6.07) is 10.8. The van der Waals surface area contributed by atoms with Gasteiger partial charge >= 0.3 is 0 Å². The minimum Gasteiger partial charge on any atom is -0.372 e. The number of nitrogens with zero attached hydrogens (tertiary/aromatic N) is 1.